The predicted octanol–water partition coefficient (Wildman–Crippen LogP) is 3.15. The summed E-state index contributed by atoms with van der Waals surface area (Å²) in [5.74, 6) is 1.94. The van der Waals surface area contributed by atoms with Crippen molar-refractivity contribution in [2.75, 3.05) is 5.73 Å². The second-order valence-corrected chi connectivity index (χ2v) is 4.89. The summed E-state index contributed by atoms with van der Waals surface area (Å²) in [6, 6.07) is 11.4. The van der Waals surface area contributed by atoms with E-state index in [-0.39, 0.29) is 6.10 Å². The molecule has 1 aromatic heterocycles. The molecule has 0 saturated carbocycles. The van der Waals surface area contributed by atoms with E-state index in [0.29, 0.717) is 23.4 Å². The van der Waals surface area contributed by atoms with Crippen LogP contribution >= 0.6 is 0 Å². The SMILES string of the molecule is CC(C)C(C)Oc1cc(N)nc(-c2ccccc2)n1. The van der Waals surface area contributed by atoms with Gasteiger partial charge in [0.05, 0.1) is 6.10 Å². The molecule has 0 amide bonds. The average molecular weight is 257 g/mol. The van der Waals surface area contributed by atoms with E-state index < -0.39 is 0 Å². The normalized spacial score (nSPS) is 12.4. The summed E-state index contributed by atoms with van der Waals surface area (Å²) >= 11 is 0. The van der Waals surface area contributed by atoms with Gasteiger partial charge in [0.2, 0.25) is 5.88 Å². The van der Waals surface area contributed by atoms with E-state index in [1.165, 1.54) is 0 Å². The maximum Gasteiger partial charge on any atom is 0.219 e. The first kappa shape index (κ1) is 13.3. The Morgan fingerprint density at radius 2 is 1.74 bits per heavy atom. The Kier molecular flexibility index (Phi) is 4.00. The van der Waals surface area contributed by atoms with Crippen molar-refractivity contribution in [2.24, 2.45) is 5.92 Å². The van der Waals surface area contributed by atoms with E-state index >= 15 is 0 Å². The highest BCUT2D eigenvalue weighted by Gasteiger charge is 2.12. The van der Waals surface area contributed by atoms with Gasteiger partial charge in [-0.15, -0.1) is 0 Å². The highest BCUT2D eigenvalue weighted by Crippen LogP contribution is 2.21. The lowest BCUT2D eigenvalue weighted by atomic mass is 10.1. The van der Waals surface area contributed by atoms with Crippen molar-refractivity contribution in [1.82, 2.24) is 9.97 Å². The fourth-order valence-electron chi connectivity index (χ4n) is 1.55. The molecule has 1 heterocycles. The first-order chi connectivity index (χ1) is 9.06. The molecule has 0 radical (unpaired) electrons. The van der Waals surface area contributed by atoms with Crippen molar-refractivity contribution in [3.8, 4) is 17.3 Å². The van der Waals surface area contributed by atoms with Crippen molar-refractivity contribution in [3.63, 3.8) is 0 Å². The number of hydrogen-bond acceptors (Lipinski definition) is 4. The van der Waals surface area contributed by atoms with E-state index in [1.807, 2.05) is 37.3 Å². The fraction of sp³-hybridized carbons (Fsp3) is 0.333. The van der Waals surface area contributed by atoms with Crippen LogP contribution in [0.3, 0.4) is 0 Å². The monoisotopic (exact) mass is 257 g/mol. The molecule has 2 N–H and O–H groups in total. The molecule has 0 bridgehead atoms. The second kappa shape index (κ2) is 5.69. The third-order valence-corrected chi connectivity index (χ3v) is 3.00. The fourth-order valence-corrected chi connectivity index (χ4v) is 1.55. The molecule has 0 fully saturated rings. The van der Waals surface area contributed by atoms with Crippen LogP contribution in [0.2, 0.25) is 0 Å². The van der Waals surface area contributed by atoms with Crippen LogP contribution in [0, 0.1) is 5.92 Å². The summed E-state index contributed by atoms with van der Waals surface area (Å²) in [4.78, 5) is 8.66. The Hall–Kier alpha value is -2.10. The van der Waals surface area contributed by atoms with Gasteiger partial charge in [-0.1, -0.05) is 44.2 Å². The summed E-state index contributed by atoms with van der Waals surface area (Å²) in [6.45, 7) is 6.23. The van der Waals surface area contributed by atoms with Crippen LogP contribution in [0.5, 0.6) is 5.88 Å². The van der Waals surface area contributed by atoms with Crippen LogP contribution in [0.1, 0.15) is 20.8 Å². The van der Waals surface area contributed by atoms with E-state index in [2.05, 4.69) is 23.8 Å². The zero-order valence-corrected chi connectivity index (χ0v) is 11.5. The maximum absolute atomic E-state index is 5.82. The largest absolute Gasteiger partial charge is 0.474 e. The lowest BCUT2D eigenvalue weighted by Crippen LogP contribution is -2.19. The summed E-state index contributed by atoms with van der Waals surface area (Å²) in [7, 11) is 0. The Balaban J connectivity index is 2.30. The molecule has 0 aliphatic carbocycles. The molecule has 1 atom stereocenters. The lowest BCUT2D eigenvalue weighted by molar-refractivity contribution is 0.163. The molecule has 4 nitrogen and oxygen atoms in total. The van der Waals surface area contributed by atoms with Crippen molar-refractivity contribution in [2.45, 2.75) is 26.9 Å². The topological polar surface area (TPSA) is 61.0 Å². The van der Waals surface area contributed by atoms with Gasteiger partial charge in [0.1, 0.15) is 5.82 Å². The molecule has 0 aliphatic rings. The number of nitrogens with two attached hydrogens (primary N) is 1. The van der Waals surface area contributed by atoms with Crippen LogP contribution in [0.4, 0.5) is 5.82 Å². The highest BCUT2D eigenvalue weighted by molar-refractivity contribution is 5.57. The van der Waals surface area contributed by atoms with Gasteiger partial charge in [-0.2, -0.15) is 4.98 Å². The van der Waals surface area contributed by atoms with Crippen molar-refractivity contribution >= 4 is 5.82 Å². The van der Waals surface area contributed by atoms with Crippen molar-refractivity contribution < 1.29 is 4.74 Å². The molecular weight excluding hydrogens is 238 g/mol. The number of rotatable bonds is 4. The minimum atomic E-state index is 0.0814. The standard InChI is InChI=1S/C15H19N3O/c1-10(2)11(3)19-14-9-13(16)17-15(18-14)12-7-5-4-6-8-12/h4-11H,1-3H3,(H2,16,17,18). The molecule has 2 rings (SSSR count). The minimum Gasteiger partial charge on any atom is -0.474 e. The molecule has 4 heteroatoms. The molecule has 1 aromatic carbocycles. The average Bonchev–Trinajstić information content (AvgIpc) is 2.39. The van der Waals surface area contributed by atoms with Gasteiger partial charge in [-0.3, -0.25) is 0 Å². The number of ether oxygens (including phenoxy) is 1. The number of hydrogen-bond donors (Lipinski definition) is 1. The quantitative estimate of drug-likeness (QED) is 0.914. The number of anilines is 1. The Morgan fingerprint density at radius 1 is 1.05 bits per heavy atom. The van der Waals surface area contributed by atoms with Crippen molar-refractivity contribution in [1.29, 1.82) is 0 Å². The van der Waals surface area contributed by atoms with E-state index in [4.69, 9.17) is 10.5 Å². The minimum absolute atomic E-state index is 0.0814. The van der Waals surface area contributed by atoms with Gasteiger partial charge >= 0.3 is 0 Å². The van der Waals surface area contributed by atoms with Crippen molar-refractivity contribution in [3.05, 3.63) is 36.4 Å². The molecule has 0 aliphatic heterocycles. The van der Waals surface area contributed by atoms with E-state index in [9.17, 15) is 0 Å². The summed E-state index contributed by atoms with van der Waals surface area (Å²) < 4.78 is 5.79. The van der Waals surface area contributed by atoms with Crippen LogP contribution in [0.25, 0.3) is 11.4 Å². The molecule has 0 saturated heterocycles. The second-order valence-electron chi connectivity index (χ2n) is 4.89. The van der Waals surface area contributed by atoms with Gasteiger partial charge < -0.3 is 10.5 Å². The van der Waals surface area contributed by atoms with Gasteiger partial charge in [0, 0.05) is 11.6 Å². The molecule has 19 heavy (non-hydrogen) atoms. The highest BCUT2D eigenvalue weighted by atomic mass is 16.5. The Bertz CT molecular complexity index is 540. The van der Waals surface area contributed by atoms with E-state index in [0.717, 1.165) is 5.56 Å². The summed E-state index contributed by atoms with van der Waals surface area (Å²) in [5.41, 5.74) is 6.75. The molecule has 1 unspecified atom stereocenters. The number of nitrogens with zero attached hydrogens (tertiary/aromatic N) is 2. The number of nitrogen functional groups attached to an aromatic ring is 1. The zero-order chi connectivity index (χ0) is 13.8. The van der Waals surface area contributed by atoms with E-state index in [1.54, 1.807) is 6.07 Å². The van der Waals surface area contributed by atoms with Crippen LogP contribution in [-0.4, -0.2) is 16.1 Å². The lowest BCUT2D eigenvalue weighted by Gasteiger charge is -2.17. The van der Waals surface area contributed by atoms with Gasteiger partial charge in [0.25, 0.3) is 0 Å². The van der Waals surface area contributed by atoms with Gasteiger partial charge in [0.15, 0.2) is 5.82 Å². The van der Waals surface area contributed by atoms with Gasteiger partial charge in [-0.25, -0.2) is 4.98 Å². The number of aromatic nitrogens is 2. The first-order valence-electron chi connectivity index (χ1n) is 6.43. The third kappa shape index (κ3) is 3.44. The predicted molar refractivity (Wildman–Crippen MR) is 76.8 cm³/mol. The number of benzene rings is 1. The molecule has 0 spiro atoms. The van der Waals surface area contributed by atoms with Gasteiger partial charge in [-0.05, 0) is 12.8 Å². The molecule has 100 valence electrons. The van der Waals surface area contributed by atoms with Crippen LogP contribution in [0.15, 0.2) is 36.4 Å². The Morgan fingerprint density at radius 3 is 2.37 bits per heavy atom. The summed E-state index contributed by atoms with van der Waals surface area (Å²) in [5, 5.41) is 0. The molecule has 2 aromatic rings. The smallest absolute Gasteiger partial charge is 0.219 e. The third-order valence-electron chi connectivity index (χ3n) is 3.00. The summed E-state index contributed by atoms with van der Waals surface area (Å²) in [6.07, 6.45) is 0.0814. The Labute approximate surface area is 113 Å². The van der Waals surface area contributed by atoms with Crippen LogP contribution < -0.4 is 10.5 Å². The first-order valence-corrected chi connectivity index (χ1v) is 6.43. The maximum atomic E-state index is 5.82. The zero-order valence-electron chi connectivity index (χ0n) is 11.5. The molecular formula is C15H19N3O. The van der Waals surface area contributed by atoms with Crippen LogP contribution in [-0.2, 0) is 0 Å².